The SMILES string of the molecule is CCOC(=O)c1n[nH]n2c1nc(=O)c1cc(OC)c(OC)cc12. The highest BCUT2D eigenvalue weighted by molar-refractivity contribution is 5.95. The summed E-state index contributed by atoms with van der Waals surface area (Å²) in [5.74, 6) is 0.189. The monoisotopic (exact) mass is 318 g/mol. The highest BCUT2D eigenvalue weighted by atomic mass is 16.5. The second-order valence-corrected chi connectivity index (χ2v) is 4.58. The number of carbonyl (C=O) groups is 1. The van der Waals surface area contributed by atoms with Crippen molar-refractivity contribution in [2.75, 3.05) is 20.8 Å². The molecule has 2 heterocycles. The number of hydrogen-bond acceptors (Lipinski definition) is 7. The zero-order valence-electron chi connectivity index (χ0n) is 12.7. The Morgan fingerprint density at radius 3 is 2.61 bits per heavy atom. The third kappa shape index (κ3) is 2.26. The van der Waals surface area contributed by atoms with Gasteiger partial charge in [-0.25, -0.2) is 14.5 Å². The van der Waals surface area contributed by atoms with Crippen molar-refractivity contribution in [2.24, 2.45) is 0 Å². The minimum Gasteiger partial charge on any atom is -0.493 e. The van der Waals surface area contributed by atoms with E-state index in [1.54, 1.807) is 13.0 Å². The van der Waals surface area contributed by atoms with Crippen molar-refractivity contribution in [3.8, 4) is 11.5 Å². The number of methoxy groups -OCH3 is 2. The Morgan fingerprint density at radius 1 is 1.26 bits per heavy atom. The summed E-state index contributed by atoms with van der Waals surface area (Å²) >= 11 is 0. The van der Waals surface area contributed by atoms with Crippen molar-refractivity contribution in [3.63, 3.8) is 0 Å². The second kappa shape index (κ2) is 5.59. The molecule has 0 saturated carbocycles. The molecule has 0 radical (unpaired) electrons. The summed E-state index contributed by atoms with van der Waals surface area (Å²) in [6.07, 6.45) is 0. The van der Waals surface area contributed by atoms with E-state index in [9.17, 15) is 9.59 Å². The summed E-state index contributed by atoms with van der Waals surface area (Å²) in [6, 6.07) is 3.14. The van der Waals surface area contributed by atoms with Crippen LogP contribution in [-0.4, -0.2) is 46.6 Å². The number of aromatic nitrogens is 4. The van der Waals surface area contributed by atoms with Crippen molar-refractivity contribution in [2.45, 2.75) is 6.92 Å². The van der Waals surface area contributed by atoms with E-state index >= 15 is 0 Å². The van der Waals surface area contributed by atoms with Crippen LogP contribution < -0.4 is 15.0 Å². The maximum atomic E-state index is 12.3. The Bertz CT molecular complexity index is 959. The second-order valence-electron chi connectivity index (χ2n) is 4.58. The van der Waals surface area contributed by atoms with E-state index in [-0.39, 0.29) is 17.9 Å². The van der Waals surface area contributed by atoms with Gasteiger partial charge in [0.2, 0.25) is 5.69 Å². The molecule has 120 valence electrons. The van der Waals surface area contributed by atoms with Crippen LogP contribution in [0.25, 0.3) is 16.6 Å². The number of esters is 1. The minimum atomic E-state index is -0.655. The maximum Gasteiger partial charge on any atom is 0.362 e. The van der Waals surface area contributed by atoms with Crippen LogP contribution in [0.3, 0.4) is 0 Å². The van der Waals surface area contributed by atoms with Crippen LogP contribution in [0.15, 0.2) is 16.9 Å². The van der Waals surface area contributed by atoms with Gasteiger partial charge in [-0.05, 0) is 13.0 Å². The molecule has 23 heavy (non-hydrogen) atoms. The van der Waals surface area contributed by atoms with Gasteiger partial charge in [-0.3, -0.25) is 4.79 Å². The van der Waals surface area contributed by atoms with Gasteiger partial charge in [0.15, 0.2) is 17.1 Å². The molecule has 9 heteroatoms. The largest absolute Gasteiger partial charge is 0.493 e. The Labute approximate surface area is 129 Å². The summed E-state index contributed by atoms with van der Waals surface area (Å²) in [5.41, 5.74) is -0.0117. The van der Waals surface area contributed by atoms with Gasteiger partial charge in [-0.2, -0.15) is 4.98 Å². The smallest absolute Gasteiger partial charge is 0.362 e. The zero-order chi connectivity index (χ0) is 16.6. The fourth-order valence-electron chi connectivity index (χ4n) is 2.29. The van der Waals surface area contributed by atoms with E-state index in [4.69, 9.17) is 14.2 Å². The number of aromatic amines is 1. The summed E-state index contributed by atoms with van der Waals surface area (Å²) < 4.78 is 16.8. The molecule has 0 unspecified atom stereocenters. The molecule has 1 aromatic carbocycles. The van der Waals surface area contributed by atoms with E-state index in [1.807, 2.05) is 0 Å². The van der Waals surface area contributed by atoms with Crippen molar-refractivity contribution >= 4 is 22.5 Å². The molecule has 2 aromatic heterocycles. The first-order valence-electron chi connectivity index (χ1n) is 6.80. The first-order valence-corrected chi connectivity index (χ1v) is 6.80. The van der Waals surface area contributed by atoms with Gasteiger partial charge in [0, 0.05) is 6.07 Å². The van der Waals surface area contributed by atoms with Crippen molar-refractivity contribution in [3.05, 3.63) is 28.2 Å². The molecule has 0 aliphatic rings. The molecule has 0 atom stereocenters. The molecule has 0 bridgehead atoms. The number of nitrogens with one attached hydrogen (secondary N) is 1. The van der Waals surface area contributed by atoms with Crippen LogP contribution in [0.4, 0.5) is 0 Å². The Balaban J connectivity index is 2.35. The quantitative estimate of drug-likeness (QED) is 0.708. The van der Waals surface area contributed by atoms with Gasteiger partial charge in [0.1, 0.15) is 0 Å². The zero-order valence-corrected chi connectivity index (χ0v) is 12.7. The number of rotatable bonds is 4. The van der Waals surface area contributed by atoms with Crippen LogP contribution in [0.2, 0.25) is 0 Å². The normalized spacial score (nSPS) is 10.9. The molecule has 0 aliphatic heterocycles. The summed E-state index contributed by atoms with van der Waals surface area (Å²) in [7, 11) is 2.96. The lowest BCUT2D eigenvalue weighted by Crippen LogP contribution is -2.13. The number of H-pyrrole nitrogens is 1. The fourth-order valence-corrected chi connectivity index (χ4v) is 2.29. The molecule has 1 N–H and O–H groups in total. The molecular formula is C14H14N4O5. The highest BCUT2D eigenvalue weighted by Crippen LogP contribution is 2.30. The third-order valence-corrected chi connectivity index (χ3v) is 3.33. The summed E-state index contributed by atoms with van der Waals surface area (Å²) in [4.78, 5) is 28.1. The van der Waals surface area contributed by atoms with Gasteiger partial charge >= 0.3 is 5.97 Å². The number of carbonyl (C=O) groups excluding carboxylic acids is 1. The molecule has 0 saturated heterocycles. The lowest BCUT2D eigenvalue weighted by Gasteiger charge is -2.09. The maximum absolute atomic E-state index is 12.3. The first-order chi connectivity index (χ1) is 11.1. The van der Waals surface area contributed by atoms with Gasteiger partial charge in [0.05, 0.1) is 31.7 Å². The van der Waals surface area contributed by atoms with Crippen LogP contribution in [0, 0.1) is 0 Å². The molecule has 0 amide bonds. The van der Waals surface area contributed by atoms with Gasteiger partial charge in [-0.15, -0.1) is 5.10 Å². The first kappa shape index (κ1) is 14.8. The molecule has 0 fully saturated rings. The van der Waals surface area contributed by atoms with Gasteiger partial charge in [0.25, 0.3) is 5.56 Å². The average molecular weight is 318 g/mol. The fraction of sp³-hybridized carbons (Fsp3) is 0.286. The van der Waals surface area contributed by atoms with Gasteiger partial charge in [-0.1, -0.05) is 0 Å². The van der Waals surface area contributed by atoms with Crippen LogP contribution in [-0.2, 0) is 4.74 Å². The number of nitrogens with zero attached hydrogens (tertiary/aromatic N) is 3. The molecule has 0 aliphatic carbocycles. The standard InChI is InChI=1S/C14H14N4O5/c1-4-23-14(20)11-12-15-13(19)7-5-9(21-2)10(22-3)6-8(7)18(12)17-16-11/h5-6,17H,4H2,1-3H3. The van der Waals surface area contributed by atoms with E-state index < -0.39 is 11.5 Å². The molecule has 9 nitrogen and oxygen atoms in total. The van der Waals surface area contributed by atoms with Crippen LogP contribution in [0.1, 0.15) is 17.4 Å². The van der Waals surface area contributed by atoms with Crippen LogP contribution >= 0.6 is 0 Å². The number of fused-ring (bicyclic) bond motifs is 3. The number of ether oxygens (including phenoxy) is 3. The highest BCUT2D eigenvalue weighted by Gasteiger charge is 2.20. The average Bonchev–Trinajstić information content (AvgIpc) is 2.97. The van der Waals surface area contributed by atoms with E-state index in [2.05, 4.69) is 15.3 Å². The lowest BCUT2D eigenvalue weighted by molar-refractivity contribution is 0.0521. The molecule has 0 spiro atoms. The molecular weight excluding hydrogens is 304 g/mol. The topological polar surface area (TPSA) is 108 Å². The summed E-state index contributed by atoms with van der Waals surface area (Å²) in [6.45, 7) is 1.87. The van der Waals surface area contributed by atoms with Crippen LogP contribution in [0.5, 0.6) is 11.5 Å². The van der Waals surface area contributed by atoms with Crippen molar-refractivity contribution < 1.29 is 19.0 Å². The number of benzene rings is 1. The van der Waals surface area contributed by atoms with E-state index in [1.165, 1.54) is 24.8 Å². The van der Waals surface area contributed by atoms with E-state index in [0.29, 0.717) is 22.4 Å². The molecule has 3 rings (SSSR count). The lowest BCUT2D eigenvalue weighted by atomic mass is 10.2. The van der Waals surface area contributed by atoms with Gasteiger partial charge < -0.3 is 14.2 Å². The predicted molar refractivity (Wildman–Crippen MR) is 80.2 cm³/mol. The van der Waals surface area contributed by atoms with Crippen molar-refractivity contribution in [1.82, 2.24) is 19.8 Å². The predicted octanol–water partition coefficient (Wildman–Crippen LogP) is 0.765. The number of hydrogen-bond donors (Lipinski definition) is 1. The minimum absolute atomic E-state index is 0.0550. The Kier molecular flexibility index (Phi) is 3.61. The van der Waals surface area contributed by atoms with Crippen molar-refractivity contribution in [1.29, 1.82) is 0 Å². The third-order valence-electron chi connectivity index (χ3n) is 3.33. The summed E-state index contributed by atoms with van der Waals surface area (Å²) in [5, 5.41) is 6.85. The molecule has 3 aromatic rings. The Hall–Kier alpha value is -3.10. The van der Waals surface area contributed by atoms with E-state index in [0.717, 1.165) is 0 Å². The Morgan fingerprint density at radius 2 is 1.96 bits per heavy atom.